The van der Waals surface area contributed by atoms with Crippen LogP contribution < -0.4 is 14.2 Å². The third kappa shape index (κ3) is 4.51. The normalized spacial score (nSPS) is 14.9. The van der Waals surface area contributed by atoms with E-state index in [9.17, 15) is 0 Å². The van der Waals surface area contributed by atoms with Gasteiger partial charge in [-0.15, -0.1) is 0 Å². The van der Waals surface area contributed by atoms with Gasteiger partial charge < -0.3 is 14.2 Å². The zero-order valence-corrected chi connectivity index (χ0v) is 17.2. The maximum atomic E-state index is 6.00. The van der Waals surface area contributed by atoms with E-state index in [0.717, 1.165) is 47.7 Å². The Kier molecular flexibility index (Phi) is 6.09. The minimum atomic E-state index is 0.662. The minimum Gasteiger partial charge on any atom is -0.497 e. The van der Waals surface area contributed by atoms with Crippen LogP contribution in [0.15, 0.2) is 77.6 Å². The average Bonchev–Trinajstić information content (AvgIpc) is 2.81. The van der Waals surface area contributed by atoms with E-state index in [2.05, 4.69) is 17.1 Å². The van der Waals surface area contributed by atoms with Crippen molar-refractivity contribution in [3.8, 4) is 23.0 Å². The molecule has 5 nitrogen and oxygen atoms in total. The predicted octanol–water partition coefficient (Wildman–Crippen LogP) is 5.56. The molecule has 2 heterocycles. The Morgan fingerprint density at radius 3 is 2.47 bits per heavy atom. The van der Waals surface area contributed by atoms with Crippen LogP contribution in [0.4, 0.5) is 0 Å². The fourth-order valence-electron chi connectivity index (χ4n) is 3.43. The van der Waals surface area contributed by atoms with Crippen LogP contribution in [0.3, 0.4) is 0 Å². The third-order valence-electron chi connectivity index (χ3n) is 4.93. The number of allylic oxidation sites excluding steroid dienone is 1. The van der Waals surface area contributed by atoms with Crippen LogP contribution in [-0.2, 0) is 0 Å². The maximum absolute atomic E-state index is 6.00. The molecule has 0 unspecified atom stereocenters. The lowest BCUT2D eigenvalue weighted by Gasteiger charge is -2.17. The summed E-state index contributed by atoms with van der Waals surface area (Å²) in [5.74, 6) is 2.85. The van der Waals surface area contributed by atoms with Gasteiger partial charge in [0.05, 0.1) is 19.9 Å². The molecule has 0 fully saturated rings. The van der Waals surface area contributed by atoms with Gasteiger partial charge in [0.25, 0.3) is 0 Å². The van der Waals surface area contributed by atoms with Crippen molar-refractivity contribution in [3.05, 3.63) is 83.7 Å². The van der Waals surface area contributed by atoms with Crippen molar-refractivity contribution in [2.75, 3.05) is 20.8 Å². The van der Waals surface area contributed by atoms with Crippen LogP contribution in [-0.4, -0.2) is 31.5 Å². The molecule has 30 heavy (non-hydrogen) atoms. The van der Waals surface area contributed by atoms with Gasteiger partial charge in [-0.1, -0.05) is 6.07 Å². The lowest BCUT2D eigenvalue weighted by Crippen LogP contribution is -2.11. The Morgan fingerprint density at radius 1 is 0.900 bits per heavy atom. The molecule has 0 amide bonds. The van der Waals surface area contributed by atoms with Gasteiger partial charge in [-0.05, 0) is 78.6 Å². The topological polar surface area (TPSA) is 52.9 Å². The SMILES string of the molecule is COc1ccc(Oc2ccc(/C=C3/CCCN=C3c3cccnc3)cc2OC)cc1. The number of nitrogens with zero attached hydrogens (tertiary/aromatic N) is 2. The average molecular weight is 400 g/mol. The molecular formula is C25H24N2O3. The highest BCUT2D eigenvalue weighted by molar-refractivity contribution is 6.15. The summed E-state index contributed by atoms with van der Waals surface area (Å²) in [7, 11) is 3.29. The highest BCUT2D eigenvalue weighted by Crippen LogP contribution is 2.34. The van der Waals surface area contributed by atoms with Gasteiger partial charge in [0.2, 0.25) is 0 Å². The summed E-state index contributed by atoms with van der Waals surface area (Å²) in [6.07, 6.45) is 7.85. The van der Waals surface area contributed by atoms with E-state index in [1.165, 1.54) is 5.57 Å². The molecule has 1 aliphatic rings. The number of hydrogen-bond acceptors (Lipinski definition) is 5. The van der Waals surface area contributed by atoms with Crippen molar-refractivity contribution in [1.29, 1.82) is 0 Å². The summed E-state index contributed by atoms with van der Waals surface area (Å²) in [4.78, 5) is 8.99. The molecule has 152 valence electrons. The number of ether oxygens (including phenoxy) is 3. The van der Waals surface area contributed by atoms with E-state index in [4.69, 9.17) is 19.2 Å². The Morgan fingerprint density at radius 2 is 1.73 bits per heavy atom. The molecule has 1 aromatic heterocycles. The summed E-state index contributed by atoms with van der Waals surface area (Å²) >= 11 is 0. The molecule has 3 aromatic rings. The lowest BCUT2D eigenvalue weighted by molar-refractivity contribution is 0.378. The second-order valence-corrected chi connectivity index (χ2v) is 6.93. The van der Waals surface area contributed by atoms with Gasteiger partial charge in [0.15, 0.2) is 11.5 Å². The van der Waals surface area contributed by atoms with E-state index in [-0.39, 0.29) is 0 Å². The number of aliphatic imine (C=N–C) groups is 1. The van der Waals surface area contributed by atoms with E-state index in [1.54, 1.807) is 20.4 Å². The summed E-state index contributed by atoms with van der Waals surface area (Å²) < 4.78 is 16.8. The van der Waals surface area contributed by atoms with Crippen molar-refractivity contribution in [3.63, 3.8) is 0 Å². The third-order valence-corrected chi connectivity index (χ3v) is 4.93. The number of methoxy groups -OCH3 is 2. The summed E-state index contributed by atoms with van der Waals surface area (Å²) in [5.41, 5.74) is 4.32. The summed E-state index contributed by atoms with van der Waals surface area (Å²) in [6, 6.07) is 17.4. The number of pyridine rings is 1. The second-order valence-electron chi connectivity index (χ2n) is 6.93. The van der Waals surface area contributed by atoms with Gasteiger partial charge in [-0.25, -0.2) is 0 Å². The monoisotopic (exact) mass is 400 g/mol. The zero-order chi connectivity index (χ0) is 20.8. The number of benzene rings is 2. The first-order valence-corrected chi connectivity index (χ1v) is 9.92. The molecule has 0 bridgehead atoms. The summed E-state index contributed by atoms with van der Waals surface area (Å²) in [5, 5.41) is 0. The Bertz CT molecular complexity index is 1060. The summed E-state index contributed by atoms with van der Waals surface area (Å²) in [6.45, 7) is 0.847. The van der Waals surface area contributed by atoms with Crippen LogP contribution >= 0.6 is 0 Å². The Hall–Kier alpha value is -3.60. The Labute approximate surface area is 176 Å². The van der Waals surface area contributed by atoms with Crippen LogP contribution in [0, 0.1) is 0 Å². The predicted molar refractivity (Wildman–Crippen MR) is 119 cm³/mol. The molecular weight excluding hydrogens is 376 g/mol. The standard InChI is InChI=1S/C25H24N2O3/c1-28-21-8-10-22(11-9-21)30-23-12-7-18(16-24(23)29-2)15-19-5-4-14-27-25(19)20-6-3-13-26-17-20/h3,6-13,15-17H,4-5,14H2,1-2H3/b19-15-. The van der Waals surface area contributed by atoms with E-state index >= 15 is 0 Å². The zero-order valence-electron chi connectivity index (χ0n) is 17.2. The van der Waals surface area contributed by atoms with Gasteiger partial charge in [0.1, 0.15) is 11.5 Å². The number of aromatic nitrogens is 1. The molecule has 0 atom stereocenters. The van der Waals surface area contributed by atoms with Gasteiger partial charge in [-0.3, -0.25) is 9.98 Å². The van der Waals surface area contributed by atoms with E-state index in [0.29, 0.717) is 11.5 Å². The van der Waals surface area contributed by atoms with Crippen LogP contribution in [0.25, 0.3) is 6.08 Å². The molecule has 0 saturated heterocycles. The number of rotatable bonds is 6. The molecule has 0 radical (unpaired) electrons. The van der Waals surface area contributed by atoms with Crippen LogP contribution in [0.2, 0.25) is 0 Å². The molecule has 0 saturated carbocycles. The van der Waals surface area contributed by atoms with Crippen LogP contribution in [0.1, 0.15) is 24.0 Å². The van der Waals surface area contributed by atoms with Crippen molar-refractivity contribution < 1.29 is 14.2 Å². The minimum absolute atomic E-state index is 0.662. The molecule has 5 heteroatoms. The first kappa shape index (κ1) is 19.7. The smallest absolute Gasteiger partial charge is 0.169 e. The van der Waals surface area contributed by atoms with Gasteiger partial charge in [-0.2, -0.15) is 0 Å². The van der Waals surface area contributed by atoms with Crippen LogP contribution in [0.5, 0.6) is 23.0 Å². The fraction of sp³-hybridized carbons (Fsp3) is 0.200. The first-order chi connectivity index (χ1) is 14.8. The highest BCUT2D eigenvalue weighted by atomic mass is 16.5. The molecule has 0 aliphatic carbocycles. The van der Waals surface area contributed by atoms with Crippen molar-refractivity contribution in [1.82, 2.24) is 4.98 Å². The quantitative estimate of drug-likeness (QED) is 0.544. The second kappa shape index (κ2) is 9.27. The lowest BCUT2D eigenvalue weighted by atomic mass is 9.95. The van der Waals surface area contributed by atoms with Crippen molar-refractivity contribution >= 4 is 11.8 Å². The van der Waals surface area contributed by atoms with Gasteiger partial charge in [0, 0.05) is 24.5 Å². The first-order valence-electron chi connectivity index (χ1n) is 9.92. The fourth-order valence-corrected chi connectivity index (χ4v) is 3.43. The van der Waals surface area contributed by atoms with E-state index < -0.39 is 0 Å². The highest BCUT2D eigenvalue weighted by Gasteiger charge is 2.15. The molecule has 2 aromatic carbocycles. The molecule has 0 N–H and O–H groups in total. The maximum Gasteiger partial charge on any atom is 0.169 e. The Balaban J connectivity index is 1.60. The van der Waals surface area contributed by atoms with Crippen molar-refractivity contribution in [2.45, 2.75) is 12.8 Å². The molecule has 1 aliphatic heterocycles. The number of hydrogen-bond donors (Lipinski definition) is 0. The van der Waals surface area contributed by atoms with Gasteiger partial charge >= 0.3 is 0 Å². The largest absolute Gasteiger partial charge is 0.497 e. The molecule has 4 rings (SSSR count). The van der Waals surface area contributed by atoms with Crippen molar-refractivity contribution in [2.24, 2.45) is 4.99 Å². The van der Waals surface area contributed by atoms with E-state index in [1.807, 2.05) is 54.7 Å². The molecule has 0 spiro atoms.